The molecule has 1 heterocycles. The lowest BCUT2D eigenvalue weighted by Gasteiger charge is -2.14. The second kappa shape index (κ2) is 15.6. The van der Waals surface area contributed by atoms with Crippen LogP contribution in [0.15, 0.2) is 4.99 Å². The van der Waals surface area contributed by atoms with Crippen LogP contribution in [0.4, 0.5) is 0 Å². The lowest BCUT2D eigenvalue weighted by Crippen LogP contribution is -2.39. The van der Waals surface area contributed by atoms with Crippen molar-refractivity contribution in [2.45, 2.75) is 32.6 Å². The Morgan fingerprint density at radius 3 is 2.60 bits per heavy atom. The van der Waals surface area contributed by atoms with Gasteiger partial charge in [0.25, 0.3) is 0 Å². The number of hydrogen-bond acceptors (Lipinski definition) is 4. The molecule has 1 aliphatic heterocycles. The van der Waals surface area contributed by atoms with Gasteiger partial charge in [0.1, 0.15) is 6.54 Å². The van der Waals surface area contributed by atoms with Gasteiger partial charge in [0.05, 0.1) is 13.2 Å². The lowest BCUT2D eigenvalue weighted by atomic mass is 10.1. The van der Waals surface area contributed by atoms with Gasteiger partial charge in [0.15, 0.2) is 5.96 Å². The molecule has 2 N–H and O–H groups in total. The SMILES string of the molecule is CCCCNC(=NCC(=O)N(C)C)NCCCOCC1CCOC1.I. The van der Waals surface area contributed by atoms with Crippen LogP contribution in [0.2, 0.25) is 0 Å². The van der Waals surface area contributed by atoms with E-state index in [1.165, 1.54) is 0 Å². The van der Waals surface area contributed by atoms with E-state index in [9.17, 15) is 4.79 Å². The van der Waals surface area contributed by atoms with Crippen molar-refractivity contribution < 1.29 is 14.3 Å². The Balaban J connectivity index is 0.00000576. The minimum absolute atomic E-state index is 0. The number of halogens is 1. The summed E-state index contributed by atoms with van der Waals surface area (Å²) < 4.78 is 11.0. The second-order valence-electron chi connectivity index (χ2n) is 6.32. The van der Waals surface area contributed by atoms with E-state index in [1.807, 2.05) is 0 Å². The molecule has 148 valence electrons. The number of carbonyl (C=O) groups is 1. The summed E-state index contributed by atoms with van der Waals surface area (Å²) in [5.41, 5.74) is 0. The van der Waals surface area contributed by atoms with E-state index in [-0.39, 0.29) is 36.4 Å². The number of amides is 1. The number of carbonyl (C=O) groups excluding carboxylic acids is 1. The van der Waals surface area contributed by atoms with Crippen molar-refractivity contribution in [3.05, 3.63) is 0 Å². The molecule has 1 unspecified atom stereocenters. The molecule has 0 aromatic carbocycles. The van der Waals surface area contributed by atoms with Crippen LogP contribution < -0.4 is 10.6 Å². The predicted molar refractivity (Wildman–Crippen MR) is 112 cm³/mol. The third kappa shape index (κ3) is 12.4. The first-order valence-corrected chi connectivity index (χ1v) is 9.01. The molecule has 1 aliphatic rings. The van der Waals surface area contributed by atoms with Gasteiger partial charge in [-0.1, -0.05) is 13.3 Å². The fraction of sp³-hybridized carbons (Fsp3) is 0.882. The minimum atomic E-state index is -0.00583. The van der Waals surface area contributed by atoms with Crippen molar-refractivity contribution in [1.82, 2.24) is 15.5 Å². The molecule has 1 rings (SSSR count). The van der Waals surface area contributed by atoms with Gasteiger partial charge >= 0.3 is 0 Å². The summed E-state index contributed by atoms with van der Waals surface area (Å²) in [5, 5.41) is 6.53. The maximum atomic E-state index is 11.7. The average molecular weight is 470 g/mol. The molecule has 7 nitrogen and oxygen atoms in total. The largest absolute Gasteiger partial charge is 0.381 e. The third-order valence-electron chi connectivity index (χ3n) is 3.83. The number of rotatable bonds is 11. The first kappa shape index (κ1) is 24.4. The molecule has 0 radical (unpaired) electrons. The van der Waals surface area contributed by atoms with E-state index in [4.69, 9.17) is 9.47 Å². The number of hydrogen-bond donors (Lipinski definition) is 2. The molecule has 0 aromatic rings. The Labute approximate surface area is 169 Å². The Kier molecular flexibility index (Phi) is 15.2. The van der Waals surface area contributed by atoms with Crippen molar-refractivity contribution in [3.63, 3.8) is 0 Å². The lowest BCUT2D eigenvalue weighted by molar-refractivity contribution is -0.127. The van der Waals surface area contributed by atoms with Crippen LogP contribution in [0.5, 0.6) is 0 Å². The summed E-state index contributed by atoms with van der Waals surface area (Å²) in [5.74, 6) is 1.25. The fourth-order valence-electron chi connectivity index (χ4n) is 2.19. The van der Waals surface area contributed by atoms with Crippen molar-refractivity contribution in [3.8, 4) is 0 Å². The van der Waals surface area contributed by atoms with E-state index >= 15 is 0 Å². The smallest absolute Gasteiger partial charge is 0.243 e. The molecule has 1 fully saturated rings. The highest BCUT2D eigenvalue weighted by Gasteiger charge is 2.15. The van der Waals surface area contributed by atoms with E-state index in [1.54, 1.807) is 19.0 Å². The molecule has 8 heteroatoms. The van der Waals surface area contributed by atoms with E-state index in [2.05, 4.69) is 22.5 Å². The zero-order chi connectivity index (χ0) is 17.6. The molecule has 25 heavy (non-hydrogen) atoms. The first-order valence-electron chi connectivity index (χ1n) is 9.01. The van der Waals surface area contributed by atoms with E-state index in [0.717, 1.165) is 65.2 Å². The zero-order valence-corrected chi connectivity index (χ0v) is 18.2. The van der Waals surface area contributed by atoms with Crippen LogP contribution in [-0.4, -0.2) is 76.9 Å². The molecule has 0 aromatic heterocycles. The second-order valence-corrected chi connectivity index (χ2v) is 6.32. The topological polar surface area (TPSA) is 75.2 Å². The van der Waals surface area contributed by atoms with Gasteiger partial charge < -0.3 is 25.0 Å². The zero-order valence-electron chi connectivity index (χ0n) is 15.9. The summed E-state index contributed by atoms with van der Waals surface area (Å²) in [6, 6.07) is 0. The molecule has 0 saturated carbocycles. The summed E-state index contributed by atoms with van der Waals surface area (Å²) in [7, 11) is 3.48. The van der Waals surface area contributed by atoms with Gasteiger partial charge in [-0.15, -0.1) is 24.0 Å². The van der Waals surface area contributed by atoms with E-state index in [0.29, 0.717) is 11.9 Å². The number of ether oxygens (including phenoxy) is 2. The highest BCUT2D eigenvalue weighted by molar-refractivity contribution is 14.0. The van der Waals surface area contributed by atoms with Crippen LogP contribution in [-0.2, 0) is 14.3 Å². The number of nitrogens with one attached hydrogen (secondary N) is 2. The van der Waals surface area contributed by atoms with Crippen molar-refractivity contribution in [1.29, 1.82) is 0 Å². The number of guanidine groups is 1. The molecule has 0 spiro atoms. The van der Waals surface area contributed by atoms with Crippen LogP contribution in [0.25, 0.3) is 0 Å². The van der Waals surface area contributed by atoms with Crippen LogP contribution in [0, 0.1) is 5.92 Å². The normalized spacial score (nSPS) is 17.1. The number of likely N-dealkylation sites (N-methyl/N-ethyl adjacent to an activating group) is 1. The Bertz CT molecular complexity index is 375. The van der Waals surface area contributed by atoms with Gasteiger partial charge in [0.2, 0.25) is 5.91 Å². The molecule has 0 aliphatic carbocycles. The first-order chi connectivity index (χ1) is 11.6. The quantitative estimate of drug-likeness (QED) is 0.207. The molecule has 1 amide bonds. The maximum Gasteiger partial charge on any atom is 0.243 e. The Morgan fingerprint density at radius 1 is 1.28 bits per heavy atom. The Morgan fingerprint density at radius 2 is 2.00 bits per heavy atom. The van der Waals surface area contributed by atoms with Crippen molar-refractivity contribution in [2.75, 3.05) is 60.2 Å². The standard InChI is InChI=1S/C17H34N4O3.HI/c1-4-5-8-18-17(20-12-16(22)21(2)3)19-9-6-10-23-13-15-7-11-24-14-15;/h15H,4-14H2,1-3H3,(H2,18,19,20);1H. The molecule has 1 saturated heterocycles. The van der Waals surface area contributed by atoms with Gasteiger partial charge in [-0.3, -0.25) is 4.79 Å². The molecular formula is C17H35IN4O3. The summed E-state index contributed by atoms with van der Waals surface area (Å²) >= 11 is 0. The average Bonchev–Trinajstić information content (AvgIpc) is 3.08. The molecule has 0 bridgehead atoms. The van der Waals surface area contributed by atoms with Gasteiger partial charge in [-0.2, -0.15) is 0 Å². The molecular weight excluding hydrogens is 435 g/mol. The highest BCUT2D eigenvalue weighted by Crippen LogP contribution is 2.12. The fourth-order valence-corrected chi connectivity index (χ4v) is 2.19. The van der Waals surface area contributed by atoms with Crippen LogP contribution >= 0.6 is 24.0 Å². The third-order valence-corrected chi connectivity index (χ3v) is 3.83. The number of unbranched alkanes of at least 4 members (excludes halogenated alkanes) is 1. The van der Waals surface area contributed by atoms with Crippen LogP contribution in [0.1, 0.15) is 32.6 Å². The predicted octanol–water partition coefficient (Wildman–Crippen LogP) is 1.47. The van der Waals surface area contributed by atoms with Gasteiger partial charge in [-0.05, 0) is 19.3 Å². The summed E-state index contributed by atoms with van der Waals surface area (Å²) in [6.45, 7) is 7.14. The monoisotopic (exact) mass is 470 g/mol. The number of aliphatic imine (C=N–C) groups is 1. The van der Waals surface area contributed by atoms with Gasteiger partial charge in [-0.25, -0.2) is 4.99 Å². The van der Waals surface area contributed by atoms with Gasteiger partial charge in [0, 0.05) is 46.3 Å². The maximum absolute atomic E-state index is 11.7. The summed E-state index contributed by atoms with van der Waals surface area (Å²) in [6.07, 6.45) is 4.21. The highest BCUT2D eigenvalue weighted by atomic mass is 127. The summed E-state index contributed by atoms with van der Waals surface area (Å²) in [4.78, 5) is 17.5. The van der Waals surface area contributed by atoms with Crippen LogP contribution in [0.3, 0.4) is 0 Å². The van der Waals surface area contributed by atoms with E-state index < -0.39 is 0 Å². The molecule has 1 atom stereocenters. The Hall–Kier alpha value is -0.610. The number of nitrogens with zero attached hydrogens (tertiary/aromatic N) is 2. The minimum Gasteiger partial charge on any atom is -0.381 e. The van der Waals surface area contributed by atoms with Crippen molar-refractivity contribution >= 4 is 35.8 Å². The van der Waals surface area contributed by atoms with Crippen molar-refractivity contribution in [2.24, 2.45) is 10.9 Å².